The summed E-state index contributed by atoms with van der Waals surface area (Å²) in [5.74, 6) is 0.921. The third-order valence-corrected chi connectivity index (χ3v) is 2.52. The number of ether oxygens (including phenoxy) is 1. The average molecular weight is 201 g/mol. The summed E-state index contributed by atoms with van der Waals surface area (Å²) in [6.07, 6.45) is 3.73. The van der Waals surface area contributed by atoms with Gasteiger partial charge < -0.3 is 15.0 Å². The molecular formula is C8H15N3OS. The van der Waals surface area contributed by atoms with Crippen LogP contribution in [0.15, 0.2) is 17.6 Å². The van der Waals surface area contributed by atoms with Crippen LogP contribution in [-0.2, 0) is 11.8 Å². The molecule has 0 unspecified atom stereocenters. The van der Waals surface area contributed by atoms with Crippen LogP contribution in [0.5, 0.6) is 0 Å². The first kappa shape index (κ1) is 10.6. The second kappa shape index (κ2) is 6.01. The van der Waals surface area contributed by atoms with Gasteiger partial charge in [-0.15, -0.1) is 0 Å². The van der Waals surface area contributed by atoms with Gasteiger partial charge in [0, 0.05) is 31.7 Å². The number of thioether (sulfide) groups is 1. The first-order chi connectivity index (χ1) is 6.34. The van der Waals surface area contributed by atoms with E-state index >= 15 is 0 Å². The maximum absolute atomic E-state index is 5.28. The number of nitrogens with zero attached hydrogens (tertiary/aromatic N) is 2. The van der Waals surface area contributed by atoms with Gasteiger partial charge in [0.25, 0.3) is 0 Å². The molecule has 0 spiro atoms. The minimum Gasteiger partial charge on any atom is -0.379 e. The highest BCUT2D eigenvalue weighted by Crippen LogP contribution is 2.13. The third kappa shape index (κ3) is 3.80. The number of rotatable bonds is 6. The molecule has 5 heteroatoms. The standard InChI is InChI=1S/C8H15N3OS/c1-11-4-3-10-8(11)13-7-6-12-5-2-9/h3-4H,2,5-7,9H2,1H3. The number of imidazole rings is 1. The number of hydrogen-bond acceptors (Lipinski definition) is 4. The van der Waals surface area contributed by atoms with Gasteiger partial charge in [-0.1, -0.05) is 11.8 Å². The molecule has 0 aromatic carbocycles. The minimum absolute atomic E-state index is 0.590. The molecule has 0 aliphatic rings. The van der Waals surface area contributed by atoms with Crippen molar-refractivity contribution in [2.75, 3.05) is 25.5 Å². The molecule has 0 radical (unpaired) electrons. The minimum atomic E-state index is 0.590. The molecule has 1 heterocycles. The number of aryl methyl sites for hydroxylation is 1. The second-order valence-corrected chi connectivity index (χ2v) is 3.63. The predicted molar refractivity (Wildman–Crippen MR) is 53.8 cm³/mol. The molecule has 74 valence electrons. The molecule has 1 rings (SSSR count). The van der Waals surface area contributed by atoms with Crippen LogP contribution < -0.4 is 5.73 Å². The van der Waals surface area contributed by atoms with Crippen molar-refractivity contribution < 1.29 is 4.74 Å². The van der Waals surface area contributed by atoms with E-state index in [4.69, 9.17) is 10.5 Å². The quantitative estimate of drug-likeness (QED) is 0.537. The maximum Gasteiger partial charge on any atom is 0.167 e. The van der Waals surface area contributed by atoms with E-state index in [0.29, 0.717) is 13.2 Å². The van der Waals surface area contributed by atoms with E-state index in [0.717, 1.165) is 17.5 Å². The van der Waals surface area contributed by atoms with Gasteiger partial charge in [-0.05, 0) is 0 Å². The van der Waals surface area contributed by atoms with Gasteiger partial charge in [0.05, 0.1) is 13.2 Å². The van der Waals surface area contributed by atoms with Gasteiger partial charge in [0.15, 0.2) is 5.16 Å². The van der Waals surface area contributed by atoms with E-state index in [1.807, 2.05) is 17.8 Å². The van der Waals surface area contributed by atoms with Crippen molar-refractivity contribution in [3.8, 4) is 0 Å². The van der Waals surface area contributed by atoms with E-state index in [2.05, 4.69) is 4.98 Å². The highest BCUT2D eigenvalue weighted by Gasteiger charge is 1.98. The van der Waals surface area contributed by atoms with E-state index < -0.39 is 0 Å². The largest absolute Gasteiger partial charge is 0.379 e. The lowest BCUT2D eigenvalue weighted by Gasteiger charge is -2.02. The third-order valence-electron chi connectivity index (χ3n) is 1.50. The Morgan fingerprint density at radius 2 is 2.46 bits per heavy atom. The van der Waals surface area contributed by atoms with Crippen molar-refractivity contribution in [3.05, 3.63) is 12.4 Å². The zero-order valence-electron chi connectivity index (χ0n) is 7.77. The molecule has 0 aliphatic carbocycles. The van der Waals surface area contributed by atoms with Gasteiger partial charge in [-0.3, -0.25) is 0 Å². The summed E-state index contributed by atoms with van der Waals surface area (Å²) in [7, 11) is 1.98. The van der Waals surface area contributed by atoms with Gasteiger partial charge in [0.1, 0.15) is 0 Å². The smallest absolute Gasteiger partial charge is 0.167 e. The van der Waals surface area contributed by atoms with Crippen LogP contribution in [0.25, 0.3) is 0 Å². The van der Waals surface area contributed by atoms with Crippen LogP contribution in [0.1, 0.15) is 0 Å². The van der Waals surface area contributed by atoms with E-state index in [-0.39, 0.29) is 0 Å². The Bertz CT molecular complexity index is 239. The summed E-state index contributed by atoms with van der Waals surface area (Å²) in [5.41, 5.74) is 5.28. The van der Waals surface area contributed by atoms with Crippen molar-refractivity contribution in [2.45, 2.75) is 5.16 Å². The number of nitrogens with two attached hydrogens (primary N) is 1. The van der Waals surface area contributed by atoms with Crippen molar-refractivity contribution in [2.24, 2.45) is 12.8 Å². The Hall–Kier alpha value is -0.520. The SMILES string of the molecule is Cn1ccnc1SCCOCCN. The first-order valence-electron chi connectivity index (χ1n) is 4.22. The highest BCUT2D eigenvalue weighted by atomic mass is 32.2. The number of hydrogen-bond donors (Lipinski definition) is 1. The Morgan fingerprint density at radius 1 is 1.62 bits per heavy atom. The van der Waals surface area contributed by atoms with E-state index in [1.54, 1.807) is 18.0 Å². The molecule has 1 aromatic heterocycles. The molecule has 0 atom stereocenters. The summed E-state index contributed by atoms with van der Waals surface area (Å²) in [5, 5.41) is 1.02. The van der Waals surface area contributed by atoms with Gasteiger partial charge >= 0.3 is 0 Å². The molecule has 0 amide bonds. The van der Waals surface area contributed by atoms with Crippen molar-refractivity contribution >= 4 is 11.8 Å². The van der Waals surface area contributed by atoms with Crippen LogP contribution in [0.2, 0.25) is 0 Å². The van der Waals surface area contributed by atoms with Crippen LogP contribution >= 0.6 is 11.8 Å². The van der Waals surface area contributed by atoms with Gasteiger partial charge in [-0.25, -0.2) is 4.98 Å². The molecule has 4 nitrogen and oxygen atoms in total. The van der Waals surface area contributed by atoms with E-state index in [9.17, 15) is 0 Å². The lowest BCUT2D eigenvalue weighted by molar-refractivity contribution is 0.158. The van der Waals surface area contributed by atoms with Crippen LogP contribution in [-0.4, -0.2) is 35.1 Å². The monoisotopic (exact) mass is 201 g/mol. The van der Waals surface area contributed by atoms with Crippen LogP contribution in [0.4, 0.5) is 0 Å². The Balaban J connectivity index is 2.10. The first-order valence-corrected chi connectivity index (χ1v) is 5.21. The number of aromatic nitrogens is 2. The van der Waals surface area contributed by atoms with Crippen molar-refractivity contribution in [3.63, 3.8) is 0 Å². The summed E-state index contributed by atoms with van der Waals surface area (Å²) in [6.45, 7) is 1.96. The Labute approximate surface area is 82.5 Å². The molecule has 0 saturated carbocycles. The topological polar surface area (TPSA) is 53.1 Å². The zero-order chi connectivity index (χ0) is 9.52. The second-order valence-electron chi connectivity index (χ2n) is 2.57. The fourth-order valence-electron chi connectivity index (χ4n) is 0.868. The zero-order valence-corrected chi connectivity index (χ0v) is 8.59. The van der Waals surface area contributed by atoms with E-state index in [1.165, 1.54) is 0 Å². The van der Waals surface area contributed by atoms with Crippen molar-refractivity contribution in [1.82, 2.24) is 9.55 Å². The van der Waals surface area contributed by atoms with Crippen molar-refractivity contribution in [1.29, 1.82) is 0 Å². The summed E-state index contributed by atoms with van der Waals surface area (Å²) < 4.78 is 7.23. The fraction of sp³-hybridized carbons (Fsp3) is 0.625. The van der Waals surface area contributed by atoms with Gasteiger partial charge in [0.2, 0.25) is 0 Å². The normalized spacial score (nSPS) is 10.6. The molecule has 1 aromatic rings. The fourth-order valence-corrected chi connectivity index (χ4v) is 1.65. The average Bonchev–Trinajstić information content (AvgIpc) is 2.52. The van der Waals surface area contributed by atoms with Crippen LogP contribution in [0, 0.1) is 0 Å². The van der Waals surface area contributed by atoms with Crippen LogP contribution in [0.3, 0.4) is 0 Å². The molecular weight excluding hydrogens is 186 g/mol. The molecule has 0 fully saturated rings. The lowest BCUT2D eigenvalue weighted by atomic mass is 10.7. The summed E-state index contributed by atoms with van der Waals surface area (Å²) >= 11 is 1.69. The molecule has 0 bridgehead atoms. The summed E-state index contributed by atoms with van der Waals surface area (Å²) in [6, 6.07) is 0. The highest BCUT2D eigenvalue weighted by molar-refractivity contribution is 7.99. The lowest BCUT2D eigenvalue weighted by Crippen LogP contribution is -2.10. The molecule has 0 saturated heterocycles. The van der Waals surface area contributed by atoms with Gasteiger partial charge in [-0.2, -0.15) is 0 Å². The Morgan fingerprint density at radius 3 is 3.08 bits per heavy atom. The Kier molecular flexibility index (Phi) is 4.88. The molecule has 0 aliphatic heterocycles. The maximum atomic E-state index is 5.28. The molecule has 2 N–H and O–H groups in total. The molecule has 13 heavy (non-hydrogen) atoms. The summed E-state index contributed by atoms with van der Waals surface area (Å²) in [4.78, 5) is 4.18. The predicted octanol–water partition coefficient (Wildman–Crippen LogP) is 0.488.